The second kappa shape index (κ2) is 2.84. The molecule has 1 N–H and O–H groups in total. The molecule has 0 aromatic carbocycles. The first kappa shape index (κ1) is 8.50. The van der Waals surface area contributed by atoms with Crippen molar-refractivity contribution in [2.75, 3.05) is 26.7 Å². The van der Waals surface area contributed by atoms with Gasteiger partial charge in [0.15, 0.2) is 0 Å². The lowest BCUT2D eigenvalue weighted by molar-refractivity contribution is 0.252. The fourth-order valence-electron chi connectivity index (χ4n) is 2.80. The topological polar surface area (TPSA) is 28.4 Å². The summed E-state index contributed by atoms with van der Waals surface area (Å²) in [5, 5.41) is 3.63. The molecule has 0 amide bonds. The molecule has 1 aromatic rings. The maximum absolute atomic E-state index is 5.65. The molecule has 3 heteroatoms. The molecule has 14 heavy (non-hydrogen) atoms. The van der Waals surface area contributed by atoms with E-state index < -0.39 is 0 Å². The van der Waals surface area contributed by atoms with Gasteiger partial charge >= 0.3 is 0 Å². The van der Waals surface area contributed by atoms with Crippen LogP contribution in [0.3, 0.4) is 0 Å². The van der Waals surface area contributed by atoms with E-state index in [0.717, 1.165) is 26.1 Å². The van der Waals surface area contributed by atoms with Crippen molar-refractivity contribution in [1.29, 1.82) is 0 Å². The number of likely N-dealkylation sites (N-methyl/N-ethyl adjacent to an activating group) is 1. The Labute approximate surface area is 84.1 Å². The van der Waals surface area contributed by atoms with E-state index in [-0.39, 0.29) is 5.54 Å². The first-order chi connectivity index (χ1) is 6.80. The van der Waals surface area contributed by atoms with E-state index in [1.807, 2.05) is 6.26 Å². The molecule has 3 rings (SSSR count). The van der Waals surface area contributed by atoms with Crippen molar-refractivity contribution in [3.8, 4) is 0 Å². The van der Waals surface area contributed by atoms with Gasteiger partial charge in [0.05, 0.1) is 11.8 Å². The van der Waals surface area contributed by atoms with Gasteiger partial charge < -0.3 is 14.6 Å². The molecule has 1 saturated heterocycles. The minimum absolute atomic E-state index is 0.117. The maximum atomic E-state index is 5.65. The van der Waals surface area contributed by atoms with E-state index in [1.165, 1.54) is 17.7 Å². The van der Waals surface area contributed by atoms with Gasteiger partial charge in [0.1, 0.15) is 5.76 Å². The first-order valence-corrected chi connectivity index (χ1v) is 5.31. The van der Waals surface area contributed by atoms with Crippen LogP contribution in [-0.2, 0) is 12.0 Å². The number of nitrogens with one attached hydrogen (secondary N) is 1. The van der Waals surface area contributed by atoms with Gasteiger partial charge in [0.25, 0.3) is 0 Å². The molecule has 3 heterocycles. The average Bonchev–Trinajstić information content (AvgIpc) is 2.75. The SMILES string of the molecule is CN1CCC2(C1)NCCc1ccoc12. The van der Waals surface area contributed by atoms with E-state index in [4.69, 9.17) is 4.42 Å². The molecule has 0 aliphatic carbocycles. The zero-order valence-electron chi connectivity index (χ0n) is 8.55. The van der Waals surface area contributed by atoms with Crippen molar-refractivity contribution < 1.29 is 4.42 Å². The van der Waals surface area contributed by atoms with Crippen LogP contribution in [0.2, 0.25) is 0 Å². The predicted octanol–water partition coefficient (Wildman–Crippen LogP) is 0.956. The van der Waals surface area contributed by atoms with Gasteiger partial charge in [-0.15, -0.1) is 0 Å². The molecule has 1 spiro atoms. The highest BCUT2D eigenvalue weighted by atomic mass is 16.3. The Morgan fingerprint density at radius 2 is 2.50 bits per heavy atom. The van der Waals surface area contributed by atoms with E-state index in [0.29, 0.717) is 0 Å². The average molecular weight is 192 g/mol. The normalized spacial score (nSPS) is 32.4. The van der Waals surface area contributed by atoms with Crippen molar-refractivity contribution in [3.05, 3.63) is 23.7 Å². The third kappa shape index (κ3) is 1.06. The highest BCUT2D eigenvalue weighted by Crippen LogP contribution is 2.36. The number of nitrogens with zero attached hydrogens (tertiary/aromatic N) is 1. The fourth-order valence-corrected chi connectivity index (χ4v) is 2.80. The molecule has 1 atom stereocenters. The zero-order valence-corrected chi connectivity index (χ0v) is 8.55. The third-order valence-corrected chi connectivity index (χ3v) is 3.50. The van der Waals surface area contributed by atoms with E-state index in [9.17, 15) is 0 Å². The summed E-state index contributed by atoms with van der Waals surface area (Å²) in [5.74, 6) is 1.19. The van der Waals surface area contributed by atoms with Gasteiger partial charge in [0.2, 0.25) is 0 Å². The van der Waals surface area contributed by atoms with E-state index in [1.54, 1.807) is 0 Å². The number of furan rings is 1. The van der Waals surface area contributed by atoms with Crippen LogP contribution in [0.1, 0.15) is 17.7 Å². The van der Waals surface area contributed by atoms with Gasteiger partial charge in [0, 0.05) is 19.6 Å². The molecular weight excluding hydrogens is 176 g/mol. The lowest BCUT2D eigenvalue weighted by atomic mass is 9.88. The monoisotopic (exact) mass is 192 g/mol. The van der Waals surface area contributed by atoms with Crippen LogP contribution in [-0.4, -0.2) is 31.6 Å². The van der Waals surface area contributed by atoms with Gasteiger partial charge in [-0.1, -0.05) is 0 Å². The molecule has 76 valence electrons. The highest BCUT2D eigenvalue weighted by molar-refractivity contribution is 5.29. The maximum Gasteiger partial charge on any atom is 0.128 e. The molecule has 1 unspecified atom stereocenters. The van der Waals surface area contributed by atoms with Crippen molar-refractivity contribution in [3.63, 3.8) is 0 Å². The summed E-state index contributed by atoms with van der Waals surface area (Å²) in [7, 11) is 2.17. The molecule has 1 fully saturated rings. The third-order valence-electron chi connectivity index (χ3n) is 3.50. The summed E-state index contributed by atoms with van der Waals surface area (Å²) in [6, 6.07) is 2.12. The second-order valence-electron chi connectivity index (χ2n) is 4.52. The molecule has 1 aromatic heterocycles. The van der Waals surface area contributed by atoms with Gasteiger partial charge in [-0.25, -0.2) is 0 Å². The Bertz CT molecular complexity index is 347. The van der Waals surface area contributed by atoms with E-state index in [2.05, 4.69) is 23.3 Å². The number of likely N-dealkylation sites (tertiary alicyclic amines) is 1. The summed E-state index contributed by atoms with van der Waals surface area (Å²) in [6.07, 6.45) is 4.11. The van der Waals surface area contributed by atoms with Gasteiger partial charge in [-0.05, 0) is 31.5 Å². The Morgan fingerprint density at radius 1 is 1.57 bits per heavy atom. The van der Waals surface area contributed by atoms with Crippen LogP contribution in [0.5, 0.6) is 0 Å². The zero-order chi connectivity index (χ0) is 9.60. The minimum Gasteiger partial charge on any atom is -0.467 e. The lowest BCUT2D eigenvalue weighted by Crippen LogP contribution is -2.48. The minimum atomic E-state index is 0.117. The second-order valence-corrected chi connectivity index (χ2v) is 4.52. The summed E-state index contributed by atoms with van der Waals surface area (Å²) < 4.78 is 5.65. The van der Waals surface area contributed by atoms with Crippen molar-refractivity contribution in [2.24, 2.45) is 0 Å². The quantitative estimate of drug-likeness (QED) is 0.663. The van der Waals surface area contributed by atoms with Gasteiger partial charge in [-0.2, -0.15) is 0 Å². The highest BCUT2D eigenvalue weighted by Gasteiger charge is 2.43. The molecule has 0 radical (unpaired) electrons. The van der Waals surface area contributed by atoms with Crippen molar-refractivity contribution in [2.45, 2.75) is 18.4 Å². The number of fused-ring (bicyclic) bond motifs is 2. The van der Waals surface area contributed by atoms with Gasteiger partial charge in [-0.3, -0.25) is 0 Å². The molecular formula is C11H16N2O. The standard InChI is InChI=1S/C11H16N2O/c1-13-6-4-11(8-13)10-9(2-5-12-11)3-7-14-10/h3,7,12H,2,4-6,8H2,1H3. The summed E-state index contributed by atoms with van der Waals surface area (Å²) in [5.41, 5.74) is 1.52. The van der Waals surface area contributed by atoms with Crippen LogP contribution in [0.4, 0.5) is 0 Å². The number of hydrogen-bond donors (Lipinski definition) is 1. The Kier molecular flexibility index (Phi) is 1.73. The van der Waals surface area contributed by atoms with E-state index >= 15 is 0 Å². The van der Waals surface area contributed by atoms with Crippen LogP contribution < -0.4 is 5.32 Å². The summed E-state index contributed by atoms with van der Waals surface area (Å²) in [4.78, 5) is 2.37. The van der Waals surface area contributed by atoms with Crippen molar-refractivity contribution >= 4 is 0 Å². The molecule has 2 aliphatic rings. The van der Waals surface area contributed by atoms with Crippen molar-refractivity contribution in [1.82, 2.24) is 10.2 Å². The number of hydrogen-bond acceptors (Lipinski definition) is 3. The molecule has 3 nitrogen and oxygen atoms in total. The fraction of sp³-hybridized carbons (Fsp3) is 0.636. The van der Waals surface area contributed by atoms with Crippen LogP contribution in [0.25, 0.3) is 0 Å². The Hall–Kier alpha value is -0.800. The molecule has 2 aliphatic heterocycles. The smallest absolute Gasteiger partial charge is 0.128 e. The predicted molar refractivity (Wildman–Crippen MR) is 54.2 cm³/mol. The first-order valence-electron chi connectivity index (χ1n) is 5.31. The Morgan fingerprint density at radius 3 is 3.29 bits per heavy atom. The van der Waals surface area contributed by atoms with Crippen LogP contribution >= 0.6 is 0 Å². The molecule has 0 saturated carbocycles. The lowest BCUT2D eigenvalue weighted by Gasteiger charge is -2.33. The Balaban J connectivity index is 2.03. The number of rotatable bonds is 0. The largest absolute Gasteiger partial charge is 0.467 e. The molecule has 0 bridgehead atoms. The van der Waals surface area contributed by atoms with Crippen LogP contribution in [0, 0.1) is 0 Å². The summed E-state index contributed by atoms with van der Waals surface area (Å²) >= 11 is 0. The summed E-state index contributed by atoms with van der Waals surface area (Å²) in [6.45, 7) is 3.32. The van der Waals surface area contributed by atoms with Crippen LogP contribution in [0.15, 0.2) is 16.7 Å².